The van der Waals surface area contributed by atoms with E-state index in [4.69, 9.17) is 5.73 Å². The quantitative estimate of drug-likeness (QED) is 0.771. The topological polar surface area (TPSA) is 101 Å². The van der Waals surface area contributed by atoms with Crippen molar-refractivity contribution < 1.29 is 0 Å². The zero-order valence-electron chi connectivity index (χ0n) is 12.4. The molecule has 7 nitrogen and oxygen atoms in total. The monoisotopic (exact) mass is 278 g/mol. The zero-order valence-corrected chi connectivity index (χ0v) is 12.4. The van der Waals surface area contributed by atoms with Crippen LogP contribution in [0.15, 0.2) is 10.9 Å². The SMILES string of the molecule is Cc1nc(NCC(N)CC(C)(C)C)cc2n[nH]c(=O)n12. The Hall–Kier alpha value is -1.89. The molecule has 20 heavy (non-hydrogen) atoms. The van der Waals surface area contributed by atoms with E-state index in [1.165, 1.54) is 4.40 Å². The number of anilines is 1. The third-order valence-corrected chi connectivity index (χ3v) is 2.99. The highest BCUT2D eigenvalue weighted by Crippen LogP contribution is 2.20. The molecule has 1 unspecified atom stereocenters. The molecule has 0 fully saturated rings. The molecule has 2 heterocycles. The van der Waals surface area contributed by atoms with Crippen LogP contribution in [-0.4, -0.2) is 32.2 Å². The minimum atomic E-state index is -0.277. The van der Waals surface area contributed by atoms with E-state index in [-0.39, 0.29) is 17.1 Å². The molecule has 4 N–H and O–H groups in total. The molecule has 0 bridgehead atoms. The summed E-state index contributed by atoms with van der Waals surface area (Å²) in [6, 6.07) is 1.78. The largest absolute Gasteiger partial charge is 0.368 e. The molecule has 0 saturated carbocycles. The Morgan fingerprint density at radius 3 is 2.85 bits per heavy atom. The van der Waals surface area contributed by atoms with Crippen LogP contribution in [0.25, 0.3) is 5.65 Å². The summed E-state index contributed by atoms with van der Waals surface area (Å²) in [7, 11) is 0. The first-order valence-electron chi connectivity index (χ1n) is 6.70. The fourth-order valence-electron chi connectivity index (χ4n) is 2.28. The maximum atomic E-state index is 11.5. The Kier molecular flexibility index (Phi) is 3.80. The number of aromatic amines is 1. The van der Waals surface area contributed by atoms with Gasteiger partial charge in [-0.05, 0) is 18.8 Å². The van der Waals surface area contributed by atoms with Crippen molar-refractivity contribution in [2.75, 3.05) is 11.9 Å². The maximum absolute atomic E-state index is 11.5. The van der Waals surface area contributed by atoms with Crippen LogP contribution in [0.4, 0.5) is 5.82 Å². The average molecular weight is 278 g/mol. The van der Waals surface area contributed by atoms with Gasteiger partial charge in [-0.25, -0.2) is 19.3 Å². The van der Waals surface area contributed by atoms with Crippen LogP contribution in [0.5, 0.6) is 0 Å². The molecule has 2 aromatic rings. The third kappa shape index (κ3) is 3.36. The van der Waals surface area contributed by atoms with Crippen molar-refractivity contribution in [3.63, 3.8) is 0 Å². The summed E-state index contributed by atoms with van der Waals surface area (Å²) < 4.78 is 1.43. The standard InChI is InChI=1S/C13H22N6O/c1-8-16-10(5-11-17-18-12(20)19(8)11)15-7-9(14)6-13(2,3)4/h5,9,15H,6-7,14H2,1-4H3,(H,18,20). The molecular weight excluding hydrogens is 256 g/mol. The lowest BCUT2D eigenvalue weighted by atomic mass is 9.88. The Morgan fingerprint density at radius 2 is 2.20 bits per heavy atom. The lowest BCUT2D eigenvalue weighted by Gasteiger charge is -2.23. The van der Waals surface area contributed by atoms with Gasteiger partial charge in [-0.1, -0.05) is 20.8 Å². The van der Waals surface area contributed by atoms with Crippen LogP contribution in [0.3, 0.4) is 0 Å². The molecule has 0 radical (unpaired) electrons. The number of hydrogen-bond acceptors (Lipinski definition) is 5. The normalized spacial score (nSPS) is 13.7. The second-order valence-electron chi connectivity index (χ2n) is 6.32. The summed E-state index contributed by atoms with van der Waals surface area (Å²) in [5.41, 5.74) is 6.57. The van der Waals surface area contributed by atoms with E-state index in [9.17, 15) is 4.79 Å². The molecular formula is C13H22N6O. The molecule has 0 amide bonds. The number of rotatable bonds is 4. The van der Waals surface area contributed by atoms with E-state index in [1.54, 1.807) is 13.0 Å². The van der Waals surface area contributed by atoms with E-state index < -0.39 is 0 Å². The first-order chi connectivity index (χ1) is 9.26. The predicted molar refractivity (Wildman–Crippen MR) is 78.9 cm³/mol. The molecule has 2 rings (SSSR count). The van der Waals surface area contributed by atoms with E-state index in [0.717, 1.165) is 6.42 Å². The van der Waals surface area contributed by atoms with Crippen molar-refractivity contribution in [1.82, 2.24) is 19.6 Å². The van der Waals surface area contributed by atoms with E-state index in [2.05, 4.69) is 41.3 Å². The van der Waals surface area contributed by atoms with Crippen molar-refractivity contribution in [3.05, 3.63) is 22.4 Å². The lowest BCUT2D eigenvalue weighted by Crippen LogP contribution is -2.33. The molecule has 0 aliphatic rings. The highest BCUT2D eigenvalue weighted by atomic mass is 16.1. The smallest absolute Gasteiger partial charge is 0.349 e. The van der Waals surface area contributed by atoms with Crippen molar-refractivity contribution in [1.29, 1.82) is 0 Å². The number of nitrogens with zero attached hydrogens (tertiary/aromatic N) is 3. The van der Waals surface area contributed by atoms with Crippen molar-refractivity contribution in [3.8, 4) is 0 Å². The Balaban J connectivity index is 2.09. The molecule has 0 spiro atoms. The number of aryl methyl sites for hydroxylation is 1. The molecule has 110 valence electrons. The van der Waals surface area contributed by atoms with Gasteiger partial charge in [0.25, 0.3) is 0 Å². The minimum Gasteiger partial charge on any atom is -0.368 e. The molecule has 7 heteroatoms. The number of hydrogen-bond donors (Lipinski definition) is 3. The van der Waals surface area contributed by atoms with Crippen LogP contribution in [0.2, 0.25) is 0 Å². The number of nitrogens with two attached hydrogens (primary N) is 1. The molecule has 2 aromatic heterocycles. The van der Waals surface area contributed by atoms with Crippen molar-refractivity contribution in [2.45, 2.75) is 40.2 Å². The number of nitrogens with one attached hydrogen (secondary N) is 2. The number of fused-ring (bicyclic) bond motifs is 1. The van der Waals surface area contributed by atoms with Gasteiger partial charge in [0.2, 0.25) is 0 Å². The third-order valence-electron chi connectivity index (χ3n) is 2.99. The second-order valence-corrected chi connectivity index (χ2v) is 6.32. The summed E-state index contributed by atoms with van der Waals surface area (Å²) in [5.74, 6) is 1.27. The van der Waals surface area contributed by atoms with Gasteiger partial charge in [-0.15, -0.1) is 0 Å². The summed E-state index contributed by atoms with van der Waals surface area (Å²) in [4.78, 5) is 15.8. The molecule has 0 aliphatic heterocycles. The number of aromatic nitrogens is 4. The van der Waals surface area contributed by atoms with Crippen LogP contribution in [-0.2, 0) is 0 Å². The lowest BCUT2D eigenvalue weighted by molar-refractivity contribution is 0.344. The average Bonchev–Trinajstić information content (AvgIpc) is 2.66. The number of H-pyrrole nitrogens is 1. The Morgan fingerprint density at radius 1 is 1.50 bits per heavy atom. The molecule has 0 aliphatic carbocycles. The van der Waals surface area contributed by atoms with Crippen LogP contribution in [0, 0.1) is 12.3 Å². The van der Waals surface area contributed by atoms with Gasteiger partial charge < -0.3 is 11.1 Å². The van der Waals surface area contributed by atoms with E-state index in [0.29, 0.717) is 23.8 Å². The van der Waals surface area contributed by atoms with Gasteiger partial charge in [-0.2, -0.15) is 5.10 Å². The molecule has 0 aromatic carbocycles. The second kappa shape index (κ2) is 5.24. The summed E-state index contributed by atoms with van der Waals surface area (Å²) >= 11 is 0. The first-order valence-corrected chi connectivity index (χ1v) is 6.70. The fourth-order valence-corrected chi connectivity index (χ4v) is 2.28. The highest BCUT2D eigenvalue weighted by Gasteiger charge is 2.15. The summed E-state index contributed by atoms with van der Waals surface area (Å²) in [6.45, 7) is 8.89. The van der Waals surface area contributed by atoms with Crippen LogP contribution in [0.1, 0.15) is 33.0 Å². The van der Waals surface area contributed by atoms with Gasteiger partial charge in [-0.3, -0.25) is 0 Å². The Labute approximate surface area is 117 Å². The molecule has 1 atom stereocenters. The summed E-state index contributed by atoms with van der Waals surface area (Å²) in [6.07, 6.45) is 0.920. The summed E-state index contributed by atoms with van der Waals surface area (Å²) in [5, 5.41) is 9.55. The van der Waals surface area contributed by atoms with Gasteiger partial charge in [0.1, 0.15) is 11.6 Å². The zero-order chi connectivity index (χ0) is 14.9. The maximum Gasteiger partial charge on any atom is 0.349 e. The van der Waals surface area contributed by atoms with E-state index in [1.807, 2.05) is 0 Å². The van der Waals surface area contributed by atoms with Crippen molar-refractivity contribution >= 4 is 11.5 Å². The minimum absolute atomic E-state index is 0.0507. The van der Waals surface area contributed by atoms with E-state index >= 15 is 0 Å². The molecule has 0 saturated heterocycles. The predicted octanol–water partition coefficient (Wildman–Crippen LogP) is 0.901. The first kappa shape index (κ1) is 14.5. The van der Waals surface area contributed by atoms with Gasteiger partial charge in [0.05, 0.1) is 0 Å². The van der Waals surface area contributed by atoms with Gasteiger partial charge in [0.15, 0.2) is 5.65 Å². The van der Waals surface area contributed by atoms with Crippen molar-refractivity contribution in [2.24, 2.45) is 11.1 Å². The van der Waals surface area contributed by atoms with Crippen LogP contribution >= 0.6 is 0 Å². The Bertz CT molecular complexity index is 651. The van der Waals surface area contributed by atoms with Crippen LogP contribution < -0.4 is 16.7 Å². The van der Waals surface area contributed by atoms with Gasteiger partial charge in [0, 0.05) is 18.7 Å². The highest BCUT2D eigenvalue weighted by molar-refractivity contribution is 5.49. The van der Waals surface area contributed by atoms with Gasteiger partial charge >= 0.3 is 5.69 Å². The fraction of sp³-hybridized carbons (Fsp3) is 0.615.